The van der Waals surface area contributed by atoms with Gasteiger partial charge in [-0.1, -0.05) is 17.7 Å². The van der Waals surface area contributed by atoms with E-state index in [2.05, 4.69) is 10.3 Å². The molecule has 0 radical (unpaired) electrons. The molecule has 0 aromatic heterocycles. The standard InChI is InChI=1S/C20H19N3O5S/c1-11-5-6-14(12(2)7-11)21-20-22-19(24)18(29-20)9-13-8-16(27-3)17(28-4)10-15(13)23(25)26/h5-10H,1-4H3,(H,21,22,24)/b18-9-. The molecule has 1 aliphatic rings. The fraction of sp³-hybridized carbons (Fsp3) is 0.200. The second-order valence-corrected chi connectivity index (χ2v) is 7.33. The Morgan fingerprint density at radius 2 is 1.83 bits per heavy atom. The number of carbonyl (C=O) groups excluding carboxylic acids is 1. The van der Waals surface area contributed by atoms with Gasteiger partial charge in [-0.2, -0.15) is 0 Å². The van der Waals surface area contributed by atoms with Crippen molar-refractivity contribution in [2.24, 2.45) is 4.99 Å². The first-order valence-corrected chi connectivity index (χ1v) is 9.41. The normalized spacial score (nSPS) is 16.2. The topological polar surface area (TPSA) is 103 Å². The summed E-state index contributed by atoms with van der Waals surface area (Å²) in [6.45, 7) is 3.93. The molecule has 0 bridgehead atoms. The molecular weight excluding hydrogens is 394 g/mol. The first-order chi connectivity index (χ1) is 13.8. The number of ether oxygens (including phenoxy) is 2. The van der Waals surface area contributed by atoms with Crippen molar-refractivity contribution >= 4 is 40.3 Å². The number of rotatable bonds is 5. The number of hydrogen-bond acceptors (Lipinski definition) is 7. The molecule has 1 saturated heterocycles. The molecule has 1 heterocycles. The van der Waals surface area contributed by atoms with Gasteiger partial charge in [0.2, 0.25) is 0 Å². The van der Waals surface area contributed by atoms with Crippen LogP contribution in [0, 0.1) is 24.0 Å². The van der Waals surface area contributed by atoms with Crippen molar-refractivity contribution in [3.05, 3.63) is 62.0 Å². The van der Waals surface area contributed by atoms with Gasteiger partial charge in [0.1, 0.15) is 0 Å². The number of nitro groups is 1. The predicted molar refractivity (Wildman–Crippen MR) is 113 cm³/mol. The number of benzene rings is 2. The highest BCUT2D eigenvalue weighted by atomic mass is 32.2. The van der Waals surface area contributed by atoms with Gasteiger partial charge in [-0.3, -0.25) is 14.9 Å². The monoisotopic (exact) mass is 413 g/mol. The van der Waals surface area contributed by atoms with E-state index in [1.807, 2.05) is 32.0 Å². The summed E-state index contributed by atoms with van der Waals surface area (Å²) in [5.41, 5.74) is 2.90. The summed E-state index contributed by atoms with van der Waals surface area (Å²) in [5.74, 6) is 0.196. The Morgan fingerprint density at radius 1 is 1.14 bits per heavy atom. The van der Waals surface area contributed by atoms with Gasteiger partial charge in [-0.05, 0) is 49.4 Å². The number of nitrogens with one attached hydrogen (secondary N) is 1. The minimum absolute atomic E-state index is 0.191. The minimum atomic E-state index is -0.531. The Kier molecular flexibility index (Phi) is 5.88. The molecule has 0 unspecified atom stereocenters. The number of nitrogens with zero attached hydrogens (tertiary/aromatic N) is 2. The van der Waals surface area contributed by atoms with Crippen molar-refractivity contribution in [2.75, 3.05) is 14.2 Å². The van der Waals surface area contributed by atoms with E-state index >= 15 is 0 Å². The number of aryl methyl sites for hydroxylation is 2. The quantitative estimate of drug-likeness (QED) is 0.449. The molecule has 29 heavy (non-hydrogen) atoms. The summed E-state index contributed by atoms with van der Waals surface area (Å²) < 4.78 is 10.3. The predicted octanol–water partition coefficient (Wildman–Crippen LogP) is 4.12. The average Bonchev–Trinajstić information content (AvgIpc) is 3.02. The van der Waals surface area contributed by atoms with Crippen LogP contribution in [0.4, 0.5) is 11.4 Å². The summed E-state index contributed by atoms with van der Waals surface area (Å²) in [6, 6.07) is 8.57. The molecule has 0 spiro atoms. The van der Waals surface area contributed by atoms with Crippen LogP contribution >= 0.6 is 11.8 Å². The molecule has 8 nitrogen and oxygen atoms in total. The Morgan fingerprint density at radius 3 is 2.45 bits per heavy atom. The second kappa shape index (κ2) is 8.36. The molecule has 1 N–H and O–H groups in total. The van der Waals surface area contributed by atoms with Crippen molar-refractivity contribution in [3.63, 3.8) is 0 Å². The van der Waals surface area contributed by atoms with Gasteiger partial charge in [0.15, 0.2) is 16.7 Å². The molecule has 0 saturated carbocycles. The van der Waals surface area contributed by atoms with Crippen molar-refractivity contribution in [2.45, 2.75) is 13.8 Å². The lowest BCUT2D eigenvalue weighted by atomic mass is 10.1. The van der Waals surface area contributed by atoms with E-state index in [0.717, 1.165) is 28.6 Å². The third kappa shape index (κ3) is 4.40. The molecule has 1 amide bonds. The minimum Gasteiger partial charge on any atom is -0.493 e. The van der Waals surface area contributed by atoms with Crippen LogP contribution in [0.3, 0.4) is 0 Å². The maximum atomic E-state index is 12.4. The molecule has 0 atom stereocenters. The van der Waals surface area contributed by atoms with Gasteiger partial charge in [0.05, 0.1) is 41.4 Å². The summed E-state index contributed by atoms with van der Waals surface area (Å²) >= 11 is 1.12. The Balaban J connectivity index is 1.98. The molecule has 1 fully saturated rings. The van der Waals surface area contributed by atoms with E-state index in [1.54, 1.807) is 0 Å². The molecule has 0 aliphatic carbocycles. The highest BCUT2D eigenvalue weighted by molar-refractivity contribution is 8.18. The van der Waals surface area contributed by atoms with E-state index in [9.17, 15) is 14.9 Å². The zero-order valence-electron chi connectivity index (χ0n) is 16.3. The first-order valence-electron chi connectivity index (χ1n) is 8.59. The maximum Gasteiger partial charge on any atom is 0.280 e. The highest BCUT2D eigenvalue weighted by Gasteiger charge is 2.26. The number of hydrogen-bond donors (Lipinski definition) is 1. The molecule has 2 aromatic carbocycles. The number of amidine groups is 1. The molecule has 150 valence electrons. The smallest absolute Gasteiger partial charge is 0.280 e. The fourth-order valence-corrected chi connectivity index (χ4v) is 3.65. The van der Waals surface area contributed by atoms with Crippen LogP contribution in [0.25, 0.3) is 6.08 Å². The summed E-state index contributed by atoms with van der Waals surface area (Å²) in [5, 5.41) is 14.6. The van der Waals surface area contributed by atoms with Crippen LogP contribution in [0.2, 0.25) is 0 Å². The third-order valence-corrected chi connectivity index (χ3v) is 5.15. The molecule has 3 rings (SSSR count). The lowest BCUT2D eigenvalue weighted by Gasteiger charge is -2.08. The SMILES string of the molecule is COc1cc(/C=C2\SC(=Nc3ccc(C)cc3C)NC2=O)c([N+](=O)[O-])cc1OC. The number of nitro benzene ring substituents is 1. The summed E-state index contributed by atoms with van der Waals surface area (Å²) in [6.07, 6.45) is 1.45. The van der Waals surface area contributed by atoms with Gasteiger partial charge >= 0.3 is 0 Å². The van der Waals surface area contributed by atoms with Gasteiger partial charge in [0, 0.05) is 0 Å². The van der Waals surface area contributed by atoms with Crippen LogP contribution in [0.1, 0.15) is 16.7 Å². The van der Waals surface area contributed by atoms with E-state index in [1.165, 1.54) is 32.4 Å². The summed E-state index contributed by atoms with van der Waals surface area (Å²) in [7, 11) is 2.84. The lowest BCUT2D eigenvalue weighted by Crippen LogP contribution is -2.19. The zero-order valence-corrected chi connectivity index (χ0v) is 17.1. The summed E-state index contributed by atoms with van der Waals surface area (Å²) in [4.78, 5) is 28.1. The number of methoxy groups -OCH3 is 2. The Hall–Kier alpha value is -3.33. The van der Waals surface area contributed by atoms with Crippen LogP contribution < -0.4 is 14.8 Å². The van der Waals surface area contributed by atoms with Crippen LogP contribution in [0.15, 0.2) is 40.2 Å². The van der Waals surface area contributed by atoms with Crippen LogP contribution in [-0.2, 0) is 4.79 Å². The first kappa shape index (κ1) is 20.4. The number of thioether (sulfide) groups is 1. The van der Waals surface area contributed by atoms with Crippen molar-refractivity contribution in [1.29, 1.82) is 0 Å². The lowest BCUT2D eigenvalue weighted by molar-refractivity contribution is -0.385. The molecule has 9 heteroatoms. The zero-order chi connectivity index (χ0) is 21.1. The van der Waals surface area contributed by atoms with E-state index < -0.39 is 4.92 Å². The van der Waals surface area contributed by atoms with Crippen molar-refractivity contribution in [1.82, 2.24) is 5.32 Å². The van der Waals surface area contributed by atoms with Gasteiger partial charge in [-0.15, -0.1) is 0 Å². The number of amides is 1. The Labute approximate surface area is 171 Å². The highest BCUT2D eigenvalue weighted by Crippen LogP contribution is 2.37. The average molecular weight is 413 g/mol. The molecular formula is C20H19N3O5S. The van der Waals surface area contributed by atoms with E-state index in [-0.39, 0.29) is 22.9 Å². The van der Waals surface area contributed by atoms with Crippen molar-refractivity contribution in [3.8, 4) is 11.5 Å². The second-order valence-electron chi connectivity index (χ2n) is 6.29. The van der Waals surface area contributed by atoms with Gasteiger partial charge < -0.3 is 14.8 Å². The van der Waals surface area contributed by atoms with Gasteiger partial charge in [-0.25, -0.2) is 4.99 Å². The molecule has 1 aliphatic heterocycles. The van der Waals surface area contributed by atoms with Gasteiger partial charge in [0.25, 0.3) is 11.6 Å². The van der Waals surface area contributed by atoms with E-state index in [4.69, 9.17) is 9.47 Å². The van der Waals surface area contributed by atoms with Crippen molar-refractivity contribution < 1.29 is 19.2 Å². The maximum absolute atomic E-state index is 12.4. The molecule has 2 aromatic rings. The number of carbonyl (C=O) groups is 1. The fourth-order valence-electron chi connectivity index (χ4n) is 2.82. The third-order valence-electron chi connectivity index (χ3n) is 4.24. The largest absolute Gasteiger partial charge is 0.493 e. The van der Waals surface area contributed by atoms with Crippen LogP contribution in [0.5, 0.6) is 11.5 Å². The number of aliphatic imine (C=N–C) groups is 1. The Bertz CT molecular complexity index is 1060. The van der Waals surface area contributed by atoms with Crippen LogP contribution in [-0.4, -0.2) is 30.2 Å². The van der Waals surface area contributed by atoms with E-state index in [0.29, 0.717) is 15.8 Å².